The van der Waals surface area contributed by atoms with Crippen molar-refractivity contribution in [3.63, 3.8) is 0 Å². The zero-order valence-electron chi connectivity index (χ0n) is 10.6. The number of hydrogen-bond acceptors (Lipinski definition) is 5. The maximum absolute atomic E-state index is 10.9. The molecule has 100 valence electrons. The van der Waals surface area contributed by atoms with Crippen LogP contribution in [0.15, 0.2) is 24.3 Å². The molecule has 0 amide bonds. The Morgan fingerprint density at radius 2 is 2.17 bits per heavy atom. The van der Waals surface area contributed by atoms with E-state index in [0.717, 1.165) is 19.4 Å². The maximum atomic E-state index is 10.9. The van der Waals surface area contributed by atoms with Crippen LogP contribution < -0.4 is 5.32 Å². The third-order valence-electron chi connectivity index (χ3n) is 3.14. The summed E-state index contributed by atoms with van der Waals surface area (Å²) in [6.07, 6.45) is 8.58. The number of esters is 1. The Balaban J connectivity index is 1.84. The number of nitrogens with one attached hydrogen (secondary N) is 1. The molecule has 5 nitrogen and oxygen atoms in total. The Morgan fingerprint density at radius 1 is 1.39 bits per heavy atom. The molecule has 1 atom stereocenters. The van der Waals surface area contributed by atoms with Crippen molar-refractivity contribution >= 4 is 5.97 Å². The summed E-state index contributed by atoms with van der Waals surface area (Å²) in [5.41, 5.74) is 0. The number of piperidine rings is 1. The Morgan fingerprint density at radius 3 is 2.89 bits per heavy atom. The highest BCUT2D eigenvalue weighted by atomic mass is 16.7. The summed E-state index contributed by atoms with van der Waals surface area (Å²) in [5.74, 6) is -0.748. The van der Waals surface area contributed by atoms with Gasteiger partial charge in [-0.1, -0.05) is 18.2 Å². The standard InChI is InChI=1S/C13H19NO4/c1-16-12(15)5-3-2-4-11-10-13(6-7-14-11)17-8-9-18-13/h2-5,11,14H,6-10H2,1H3/b4-2+,5-3+/t11-/m0/s1. The fraction of sp³-hybridized carbons (Fsp3) is 0.615. The molecule has 2 fully saturated rings. The van der Waals surface area contributed by atoms with E-state index in [4.69, 9.17) is 9.47 Å². The first-order valence-corrected chi connectivity index (χ1v) is 6.18. The van der Waals surface area contributed by atoms with Crippen molar-refractivity contribution in [3.05, 3.63) is 24.3 Å². The third-order valence-corrected chi connectivity index (χ3v) is 3.14. The van der Waals surface area contributed by atoms with Gasteiger partial charge in [-0.2, -0.15) is 0 Å². The number of allylic oxidation sites excluding steroid dienone is 2. The maximum Gasteiger partial charge on any atom is 0.330 e. The van der Waals surface area contributed by atoms with Gasteiger partial charge in [-0.15, -0.1) is 0 Å². The summed E-state index contributed by atoms with van der Waals surface area (Å²) in [6, 6.07) is 0.208. The first-order chi connectivity index (χ1) is 8.74. The van der Waals surface area contributed by atoms with Crippen LogP contribution in [0, 0.1) is 0 Å². The Kier molecular flexibility index (Phi) is 4.52. The highest BCUT2D eigenvalue weighted by molar-refractivity contribution is 5.82. The van der Waals surface area contributed by atoms with Gasteiger partial charge in [0.25, 0.3) is 0 Å². The summed E-state index contributed by atoms with van der Waals surface area (Å²) in [5, 5.41) is 3.38. The molecular formula is C13H19NO4. The zero-order chi connectivity index (χ0) is 12.8. The lowest BCUT2D eigenvalue weighted by molar-refractivity contribution is -0.177. The Labute approximate surface area is 107 Å². The van der Waals surface area contributed by atoms with E-state index in [1.54, 1.807) is 6.08 Å². The number of ether oxygens (including phenoxy) is 3. The van der Waals surface area contributed by atoms with E-state index >= 15 is 0 Å². The highest BCUT2D eigenvalue weighted by Crippen LogP contribution is 2.31. The van der Waals surface area contributed by atoms with Crippen molar-refractivity contribution in [3.8, 4) is 0 Å². The molecule has 2 rings (SSSR count). The van der Waals surface area contributed by atoms with E-state index in [9.17, 15) is 4.79 Å². The first-order valence-electron chi connectivity index (χ1n) is 6.18. The fourth-order valence-electron chi connectivity index (χ4n) is 2.25. The van der Waals surface area contributed by atoms with E-state index in [0.29, 0.717) is 13.2 Å². The van der Waals surface area contributed by atoms with Crippen molar-refractivity contribution in [1.82, 2.24) is 5.32 Å². The molecule has 2 heterocycles. The van der Waals surface area contributed by atoms with Crippen molar-refractivity contribution in [2.75, 3.05) is 26.9 Å². The van der Waals surface area contributed by atoms with E-state index in [-0.39, 0.29) is 12.0 Å². The second-order valence-electron chi connectivity index (χ2n) is 4.39. The molecule has 5 heteroatoms. The monoisotopic (exact) mass is 253 g/mol. The molecule has 0 bridgehead atoms. The number of methoxy groups -OCH3 is 1. The summed E-state index contributed by atoms with van der Waals surface area (Å²) < 4.78 is 15.9. The largest absolute Gasteiger partial charge is 0.466 e. The predicted molar refractivity (Wildman–Crippen MR) is 66.0 cm³/mol. The number of carbonyl (C=O) groups is 1. The molecule has 18 heavy (non-hydrogen) atoms. The lowest BCUT2D eigenvalue weighted by Gasteiger charge is -2.35. The lowest BCUT2D eigenvalue weighted by atomic mass is 9.98. The summed E-state index contributed by atoms with van der Waals surface area (Å²) in [6.45, 7) is 2.23. The van der Waals surface area contributed by atoms with Gasteiger partial charge in [-0.05, 0) is 0 Å². The minimum absolute atomic E-state index is 0.208. The van der Waals surface area contributed by atoms with Crippen LogP contribution in [0.25, 0.3) is 0 Å². The quantitative estimate of drug-likeness (QED) is 0.457. The van der Waals surface area contributed by atoms with Crippen LogP contribution in [0.2, 0.25) is 0 Å². The Bertz CT molecular complexity index is 345. The smallest absolute Gasteiger partial charge is 0.330 e. The average Bonchev–Trinajstić information content (AvgIpc) is 2.82. The zero-order valence-corrected chi connectivity index (χ0v) is 10.6. The third kappa shape index (κ3) is 3.41. The van der Waals surface area contributed by atoms with Crippen molar-refractivity contribution < 1.29 is 19.0 Å². The van der Waals surface area contributed by atoms with Crippen LogP contribution in [0.5, 0.6) is 0 Å². The van der Waals surface area contributed by atoms with Gasteiger partial charge >= 0.3 is 5.97 Å². The molecule has 1 spiro atoms. The van der Waals surface area contributed by atoms with Crippen LogP contribution in [-0.2, 0) is 19.0 Å². The van der Waals surface area contributed by atoms with E-state index in [1.165, 1.54) is 13.2 Å². The van der Waals surface area contributed by atoms with Crippen molar-refractivity contribution in [1.29, 1.82) is 0 Å². The van der Waals surface area contributed by atoms with Gasteiger partial charge in [0, 0.05) is 31.5 Å². The van der Waals surface area contributed by atoms with Crippen LogP contribution >= 0.6 is 0 Å². The molecule has 0 aliphatic carbocycles. The normalized spacial score (nSPS) is 27.3. The molecule has 0 aromatic heterocycles. The molecule has 0 aromatic rings. The van der Waals surface area contributed by atoms with Gasteiger partial charge < -0.3 is 19.5 Å². The summed E-state index contributed by atoms with van der Waals surface area (Å²) in [4.78, 5) is 10.9. The summed E-state index contributed by atoms with van der Waals surface area (Å²) >= 11 is 0. The van der Waals surface area contributed by atoms with Gasteiger partial charge in [-0.25, -0.2) is 4.79 Å². The molecule has 2 aliphatic rings. The topological polar surface area (TPSA) is 56.8 Å². The minimum Gasteiger partial charge on any atom is -0.466 e. The van der Waals surface area contributed by atoms with Gasteiger partial charge in [0.2, 0.25) is 0 Å². The molecule has 0 unspecified atom stereocenters. The number of hydrogen-bond donors (Lipinski definition) is 1. The van der Waals surface area contributed by atoms with E-state index in [2.05, 4.69) is 10.1 Å². The first kappa shape index (κ1) is 13.3. The highest BCUT2D eigenvalue weighted by Gasteiger charge is 2.40. The van der Waals surface area contributed by atoms with Gasteiger partial charge in [-0.3, -0.25) is 0 Å². The second-order valence-corrected chi connectivity index (χ2v) is 4.39. The molecule has 2 aliphatic heterocycles. The van der Waals surface area contributed by atoms with Gasteiger partial charge in [0.05, 0.1) is 20.3 Å². The fourth-order valence-corrected chi connectivity index (χ4v) is 2.25. The second kappa shape index (κ2) is 6.13. The van der Waals surface area contributed by atoms with Crippen LogP contribution in [0.3, 0.4) is 0 Å². The van der Waals surface area contributed by atoms with E-state index < -0.39 is 5.79 Å². The molecule has 0 saturated carbocycles. The molecule has 0 aromatic carbocycles. The average molecular weight is 253 g/mol. The van der Waals surface area contributed by atoms with Gasteiger partial charge in [0.1, 0.15) is 0 Å². The van der Waals surface area contributed by atoms with Gasteiger partial charge in [0.15, 0.2) is 5.79 Å². The van der Waals surface area contributed by atoms with E-state index in [1.807, 2.05) is 12.2 Å². The van der Waals surface area contributed by atoms with Crippen LogP contribution in [0.4, 0.5) is 0 Å². The molecular weight excluding hydrogens is 234 g/mol. The van der Waals surface area contributed by atoms with Crippen LogP contribution in [-0.4, -0.2) is 44.7 Å². The number of rotatable bonds is 3. The predicted octanol–water partition coefficient (Wildman–Crippen LogP) is 0.767. The van der Waals surface area contributed by atoms with Crippen LogP contribution in [0.1, 0.15) is 12.8 Å². The molecule has 0 radical (unpaired) electrons. The lowest BCUT2D eigenvalue weighted by Crippen LogP contribution is -2.47. The van der Waals surface area contributed by atoms with Crippen molar-refractivity contribution in [2.45, 2.75) is 24.7 Å². The Hall–Kier alpha value is -1.17. The molecule has 2 saturated heterocycles. The number of carbonyl (C=O) groups excluding carboxylic acids is 1. The molecule has 1 N–H and O–H groups in total. The SMILES string of the molecule is COC(=O)/C=C/C=C/[C@H]1CC2(CCN1)OCCO2. The minimum atomic E-state index is -0.397. The summed E-state index contributed by atoms with van der Waals surface area (Å²) in [7, 11) is 1.36. The van der Waals surface area contributed by atoms with Crippen molar-refractivity contribution in [2.24, 2.45) is 0 Å².